The van der Waals surface area contributed by atoms with E-state index in [1.165, 1.54) is 19.3 Å². The smallest absolute Gasteiger partial charge is 0.319 e. The minimum absolute atomic E-state index is 0.157. The third-order valence-corrected chi connectivity index (χ3v) is 3.99. The number of hydrogen-bond donors (Lipinski definition) is 3. The van der Waals surface area contributed by atoms with Gasteiger partial charge in [-0.15, -0.1) is 0 Å². The summed E-state index contributed by atoms with van der Waals surface area (Å²) in [6.45, 7) is 0.578. The Balaban J connectivity index is 1.45. The van der Waals surface area contributed by atoms with Crippen molar-refractivity contribution < 1.29 is 9.21 Å². The van der Waals surface area contributed by atoms with Gasteiger partial charge in [-0.25, -0.2) is 9.78 Å². The van der Waals surface area contributed by atoms with E-state index in [9.17, 15) is 4.79 Å². The molecule has 0 saturated heterocycles. The fraction of sp³-hybridized carbons (Fsp3) is 0.412. The first-order valence-corrected chi connectivity index (χ1v) is 8.09. The lowest BCUT2D eigenvalue weighted by atomic mass is 9.96. The van der Waals surface area contributed by atoms with Gasteiger partial charge in [-0.1, -0.05) is 19.3 Å². The second-order valence-corrected chi connectivity index (χ2v) is 5.80. The Kier molecular flexibility index (Phi) is 5.13. The second kappa shape index (κ2) is 7.67. The molecule has 122 valence electrons. The topological polar surface area (TPSA) is 79.2 Å². The van der Waals surface area contributed by atoms with E-state index in [2.05, 4.69) is 20.9 Å². The molecule has 1 saturated carbocycles. The van der Waals surface area contributed by atoms with Crippen LogP contribution < -0.4 is 16.0 Å². The Morgan fingerprint density at radius 3 is 2.78 bits per heavy atom. The Morgan fingerprint density at radius 1 is 1.22 bits per heavy atom. The van der Waals surface area contributed by atoms with Crippen LogP contribution in [0.3, 0.4) is 0 Å². The number of nitrogens with zero attached hydrogens (tertiary/aromatic N) is 1. The summed E-state index contributed by atoms with van der Waals surface area (Å²) in [5.41, 5.74) is 0.682. The Morgan fingerprint density at radius 2 is 2.09 bits per heavy atom. The van der Waals surface area contributed by atoms with Crippen LogP contribution in [0.15, 0.2) is 41.1 Å². The van der Waals surface area contributed by atoms with Crippen LogP contribution in [0, 0.1) is 0 Å². The zero-order valence-electron chi connectivity index (χ0n) is 13.0. The van der Waals surface area contributed by atoms with Crippen LogP contribution >= 0.6 is 0 Å². The summed E-state index contributed by atoms with van der Waals surface area (Å²) in [6, 6.07) is 7.55. The highest BCUT2D eigenvalue weighted by atomic mass is 16.3. The van der Waals surface area contributed by atoms with Crippen LogP contribution in [0.5, 0.6) is 0 Å². The Labute approximate surface area is 135 Å². The molecule has 2 heterocycles. The van der Waals surface area contributed by atoms with Gasteiger partial charge in [-0.2, -0.15) is 0 Å². The third-order valence-electron chi connectivity index (χ3n) is 3.99. The lowest BCUT2D eigenvalue weighted by molar-refractivity contribution is 0.244. The molecule has 0 unspecified atom stereocenters. The molecule has 23 heavy (non-hydrogen) atoms. The largest absolute Gasteiger partial charge is 0.467 e. The number of aromatic nitrogens is 1. The molecule has 1 aliphatic rings. The quantitative estimate of drug-likeness (QED) is 0.785. The number of furan rings is 1. The second-order valence-electron chi connectivity index (χ2n) is 5.80. The number of urea groups is 1. The van der Waals surface area contributed by atoms with Gasteiger partial charge in [0, 0.05) is 6.04 Å². The zero-order valence-corrected chi connectivity index (χ0v) is 13.0. The molecular weight excluding hydrogens is 292 g/mol. The van der Waals surface area contributed by atoms with E-state index in [-0.39, 0.29) is 6.03 Å². The van der Waals surface area contributed by atoms with E-state index in [1.54, 1.807) is 12.5 Å². The number of amides is 2. The van der Waals surface area contributed by atoms with Crippen molar-refractivity contribution in [1.82, 2.24) is 10.3 Å². The standard InChI is InChI=1S/C17H22N4O2/c22-17(20-13-5-2-1-3-6-13)21-14-8-9-16(18-11-14)19-12-15-7-4-10-23-15/h4,7-11,13H,1-3,5-6,12H2,(H,18,19)(H2,20,21,22). The molecular formula is C17H22N4O2. The fourth-order valence-corrected chi connectivity index (χ4v) is 2.76. The molecule has 6 heteroatoms. The molecule has 0 aliphatic heterocycles. The van der Waals surface area contributed by atoms with Crippen LogP contribution in [0.4, 0.5) is 16.3 Å². The van der Waals surface area contributed by atoms with E-state index in [1.807, 2.05) is 24.3 Å². The normalized spacial score (nSPS) is 15.1. The van der Waals surface area contributed by atoms with Gasteiger partial charge in [0.25, 0.3) is 0 Å². The maximum atomic E-state index is 12.0. The van der Waals surface area contributed by atoms with Gasteiger partial charge in [0.05, 0.1) is 24.7 Å². The van der Waals surface area contributed by atoms with Crippen molar-refractivity contribution in [3.8, 4) is 0 Å². The van der Waals surface area contributed by atoms with Gasteiger partial charge in [-0.05, 0) is 37.1 Å². The molecule has 1 fully saturated rings. The summed E-state index contributed by atoms with van der Waals surface area (Å²) < 4.78 is 5.25. The Hall–Kier alpha value is -2.50. The highest BCUT2D eigenvalue weighted by molar-refractivity contribution is 5.89. The van der Waals surface area contributed by atoms with Gasteiger partial charge < -0.3 is 20.4 Å². The van der Waals surface area contributed by atoms with E-state index in [0.717, 1.165) is 24.4 Å². The van der Waals surface area contributed by atoms with Crippen molar-refractivity contribution in [1.29, 1.82) is 0 Å². The predicted octanol–water partition coefficient (Wildman–Crippen LogP) is 3.74. The monoisotopic (exact) mass is 314 g/mol. The summed E-state index contributed by atoms with van der Waals surface area (Å²) >= 11 is 0. The number of pyridine rings is 1. The summed E-state index contributed by atoms with van der Waals surface area (Å²) in [5.74, 6) is 1.58. The van der Waals surface area contributed by atoms with Crippen molar-refractivity contribution in [2.75, 3.05) is 10.6 Å². The molecule has 0 radical (unpaired) electrons. The van der Waals surface area contributed by atoms with E-state index >= 15 is 0 Å². The van der Waals surface area contributed by atoms with Crippen LogP contribution in [0.2, 0.25) is 0 Å². The molecule has 0 bridgehead atoms. The number of carbonyl (C=O) groups is 1. The van der Waals surface area contributed by atoms with E-state index in [0.29, 0.717) is 18.3 Å². The first-order chi connectivity index (χ1) is 11.3. The van der Waals surface area contributed by atoms with Gasteiger partial charge in [-0.3, -0.25) is 0 Å². The molecule has 0 spiro atoms. The molecule has 6 nitrogen and oxygen atoms in total. The first-order valence-electron chi connectivity index (χ1n) is 8.09. The van der Waals surface area contributed by atoms with Gasteiger partial charge in [0.2, 0.25) is 0 Å². The maximum absolute atomic E-state index is 12.0. The van der Waals surface area contributed by atoms with Gasteiger partial charge in [0.15, 0.2) is 0 Å². The third kappa shape index (κ3) is 4.74. The highest BCUT2D eigenvalue weighted by Gasteiger charge is 2.15. The minimum atomic E-state index is -0.157. The predicted molar refractivity (Wildman–Crippen MR) is 89.3 cm³/mol. The molecule has 1 aliphatic carbocycles. The summed E-state index contributed by atoms with van der Waals surface area (Å²) in [5, 5.41) is 9.01. The van der Waals surface area contributed by atoms with E-state index < -0.39 is 0 Å². The molecule has 2 aromatic heterocycles. The molecule has 2 aromatic rings. The number of rotatable bonds is 5. The number of anilines is 2. The lowest BCUT2D eigenvalue weighted by Gasteiger charge is -2.22. The number of carbonyl (C=O) groups excluding carboxylic acids is 1. The first kappa shape index (κ1) is 15.4. The van der Waals surface area contributed by atoms with Gasteiger partial charge >= 0.3 is 6.03 Å². The highest BCUT2D eigenvalue weighted by Crippen LogP contribution is 2.17. The van der Waals surface area contributed by atoms with Crippen LogP contribution in [-0.2, 0) is 6.54 Å². The van der Waals surface area contributed by atoms with Crippen molar-refractivity contribution in [3.63, 3.8) is 0 Å². The summed E-state index contributed by atoms with van der Waals surface area (Å²) in [7, 11) is 0. The average molecular weight is 314 g/mol. The lowest BCUT2D eigenvalue weighted by Crippen LogP contribution is -2.39. The molecule has 3 N–H and O–H groups in total. The minimum Gasteiger partial charge on any atom is -0.467 e. The van der Waals surface area contributed by atoms with Crippen molar-refractivity contribution in [2.24, 2.45) is 0 Å². The maximum Gasteiger partial charge on any atom is 0.319 e. The van der Waals surface area contributed by atoms with Crippen molar-refractivity contribution in [2.45, 2.75) is 44.7 Å². The summed E-state index contributed by atoms with van der Waals surface area (Å²) in [4.78, 5) is 16.3. The fourth-order valence-electron chi connectivity index (χ4n) is 2.76. The van der Waals surface area contributed by atoms with Crippen LogP contribution in [0.1, 0.15) is 37.9 Å². The Bertz CT molecular complexity index is 604. The summed E-state index contributed by atoms with van der Waals surface area (Å²) in [6.07, 6.45) is 9.09. The van der Waals surface area contributed by atoms with Crippen molar-refractivity contribution in [3.05, 3.63) is 42.5 Å². The molecule has 3 rings (SSSR count). The van der Waals surface area contributed by atoms with Gasteiger partial charge in [0.1, 0.15) is 11.6 Å². The van der Waals surface area contributed by atoms with Crippen molar-refractivity contribution >= 4 is 17.5 Å². The number of nitrogens with one attached hydrogen (secondary N) is 3. The average Bonchev–Trinajstić information content (AvgIpc) is 3.08. The van der Waals surface area contributed by atoms with Crippen LogP contribution in [0.25, 0.3) is 0 Å². The zero-order chi connectivity index (χ0) is 15.9. The molecule has 0 atom stereocenters. The molecule has 0 aromatic carbocycles. The van der Waals surface area contributed by atoms with Crippen LogP contribution in [-0.4, -0.2) is 17.1 Å². The molecule has 2 amide bonds. The SMILES string of the molecule is O=C(Nc1ccc(NCc2ccco2)nc1)NC1CCCCC1. The number of hydrogen-bond acceptors (Lipinski definition) is 4. The van der Waals surface area contributed by atoms with E-state index in [4.69, 9.17) is 4.42 Å².